The first kappa shape index (κ1) is 8.58. The third kappa shape index (κ3) is 1.67. The van der Waals surface area contributed by atoms with Gasteiger partial charge in [-0.25, -0.2) is 0 Å². The Labute approximate surface area is 81.5 Å². The van der Waals surface area contributed by atoms with Gasteiger partial charge in [-0.05, 0) is 0 Å². The average molecular weight is 232 g/mol. The van der Waals surface area contributed by atoms with Crippen molar-refractivity contribution >= 4 is 20.8 Å². The molecule has 2 bridgehead atoms. The minimum atomic E-state index is 0.210. The molecule has 0 aromatic heterocycles. The van der Waals surface area contributed by atoms with Crippen molar-refractivity contribution < 1.29 is 4.79 Å². The number of fused-ring (bicyclic) bond motifs is 4. The van der Waals surface area contributed by atoms with Gasteiger partial charge in [0.25, 0.3) is 0 Å². The summed E-state index contributed by atoms with van der Waals surface area (Å²) in [5.41, 5.74) is 0. The summed E-state index contributed by atoms with van der Waals surface area (Å²) in [5.74, 6) is 1.61. The first-order valence-electron chi connectivity index (χ1n) is 4.73. The third-order valence-corrected chi connectivity index (χ3v) is 3.79. The SMILES string of the molecule is O=C([SeH])N1CC2CCC(CC2)C1. The predicted octanol–water partition coefficient (Wildman–Crippen LogP) is 1.13. The fourth-order valence-corrected chi connectivity index (χ4v) is 2.79. The van der Waals surface area contributed by atoms with Crippen molar-refractivity contribution in [2.45, 2.75) is 25.7 Å². The van der Waals surface area contributed by atoms with Gasteiger partial charge in [-0.15, -0.1) is 0 Å². The molecule has 3 aliphatic rings. The predicted molar refractivity (Wildman–Crippen MR) is 49.6 cm³/mol. The van der Waals surface area contributed by atoms with E-state index in [4.69, 9.17) is 0 Å². The second kappa shape index (κ2) is 3.39. The van der Waals surface area contributed by atoms with Crippen LogP contribution >= 0.6 is 0 Å². The normalized spacial score (nSPS) is 34.9. The number of rotatable bonds is 0. The maximum atomic E-state index is 11.2. The molecular formula is C9H15NOSe. The zero-order chi connectivity index (χ0) is 8.55. The zero-order valence-electron chi connectivity index (χ0n) is 7.20. The molecule has 1 saturated carbocycles. The standard InChI is InChI=1S/C9H15NOSe/c11-9(12)10-5-7-1-2-8(6-10)4-3-7/h7-8H,1-6H2,(H,11,12). The Morgan fingerprint density at radius 1 is 1.08 bits per heavy atom. The zero-order valence-corrected chi connectivity index (χ0v) is 9.08. The molecule has 12 heavy (non-hydrogen) atoms. The summed E-state index contributed by atoms with van der Waals surface area (Å²) in [6.45, 7) is 2.04. The summed E-state index contributed by atoms with van der Waals surface area (Å²) in [7, 11) is 0. The molecule has 0 spiro atoms. The molecule has 3 heteroatoms. The number of carbonyl (C=O) groups is 1. The van der Waals surface area contributed by atoms with Gasteiger partial charge in [0.1, 0.15) is 0 Å². The first-order valence-corrected chi connectivity index (χ1v) is 5.67. The van der Waals surface area contributed by atoms with Gasteiger partial charge in [-0.1, -0.05) is 0 Å². The van der Waals surface area contributed by atoms with Crippen LogP contribution in [0.1, 0.15) is 25.7 Å². The molecule has 3 fully saturated rings. The molecule has 2 nitrogen and oxygen atoms in total. The Hall–Kier alpha value is -0.0105. The van der Waals surface area contributed by atoms with Crippen molar-refractivity contribution in [2.75, 3.05) is 13.1 Å². The van der Waals surface area contributed by atoms with E-state index >= 15 is 0 Å². The van der Waals surface area contributed by atoms with Gasteiger partial charge in [-0.3, -0.25) is 0 Å². The summed E-state index contributed by atoms with van der Waals surface area (Å²) in [6, 6.07) is 0. The monoisotopic (exact) mass is 233 g/mol. The van der Waals surface area contributed by atoms with E-state index in [0.717, 1.165) is 24.9 Å². The van der Waals surface area contributed by atoms with Crippen molar-refractivity contribution in [2.24, 2.45) is 11.8 Å². The second-order valence-electron chi connectivity index (χ2n) is 4.07. The molecule has 0 aromatic carbocycles. The minimum absolute atomic E-state index is 0.210. The van der Waals surface area contributed by atoms with Crippen molar-refractivity contribution in [3.8, 4) is 0 Å². The quantitative estimate of drug-likeness (QED) is 0.573. The molecular weight excluding hydrogens is 217 g/mol. The number of nitrogens with zero attached hydrogens (tertiary/aromatic N) is 1. The van der Waals surface area contributed by atoms with E-state index < -0.39 is 0 Å². The fraction of sp³-hybridized carbons (Fsp3) is 0.889. The van der Waals surface area contributed by atoms with Gasteiger partial charge in [-0.2, -0.15) is 0 Å². The molecule has 2 saturated heterocycles. The van der Waals surface area contributed by atoms with Crippen LogP contribution in [0.15, 0.2) is 0 Å². The van der Waals surface area contributed by atoms with Crippen LogP contribution in [0.25, 0.3) is 0 Å². The van der Waals surface area contributed by atoms with Gasteiger partial charge in [0.05, 0.1) is 0 Å². The molecule has 0 radical (unpaired) electrons. The summed E-state index contributed by atoms with van der Waals surface area (Å²) in [4.78, 5) is 13.4. The van der Waals surface area contributed by atoms with Crippen molar-refractivity contribution in [3.05, 3.63) is 0 Å². The molecule has 1 aliphatic carbocycles. The van der Waals surface area contributed by atoms with E-state index in [-0.39, 0.29) is 4.81 Å². The van der Waals surface area contributed by atoms with E-state index in [9.17, 15) is 4.79 Å². The van der Waals surface area contributed by atoms with Crippen LogP contribution in [0.4, 0.5) is 4.79 Å². The van der Waals surface area contributed by atoms with Crippen molar-refractivity contribution in [3.63, 3.8) is 0 Å². The molecule has 2 heterocycles. The van der Waals surface area contributed by atoms with Gasteiger partial charge >= 0.3 is 81.1 Å². The van der Waals surface area contributed by atoms with Gasteiger partial charge in [0, 0.05) is 0 Å². The van der Waals surface area contributed by atoms with E-state index in [1.54, 1.807) is 0 Å². The fourth-order valence-electron chi connectivity index (χ4n) is 2.45. The summed E-state index contributed by atoms with van der Waals surface area (Å²) < 4.78 is 0. The maximum absolute atomic E-state index is 11.2. The van der Waals surface area contributed by atoms with Crippen LogP contribution in [0.3, 0.4) is 0 Å². The van der Waals surface area contributed by atoms with Gasteiger partial charge in [0.2, 0.25) is 0 Å². The average Bonchev–Trinajstić information content (AvgIpc) is 2.36. The van der Waals surface area contributed by atoms with Crippen LogP contribution in [0, 0.1) is 11.8 Å². The molecule has 0 atom stereocenters. The van der Waals surface area contributed by atoms with Gasteiger partial charge in [0.15, 0.2) is 0 Å². The molecule has 2 aliphatic heterocycles. The number of hydrogen-bond donors (Lipinski definition) is 0. The molecule has 68 valence electrons. The molecule has 0 N–H and O–H groups in total. The number of amides is 1. The van der Waals surface area contributed by atoms with E-state index in [1.165, 1.54) is 25.7 Å². The van der Waals surface area contributed by atoms with E-state index in [2.05, 4.69) is 16.0 Å². The Balaban J connectivity index is 2.06. The Bertz CT molecular complexity index is 173. The molecule has 1 amide bonds. The Morgan fingerprint density at radius 2 is 1.50 bits per heavy atom. The molecule has 3 rings (SSSR count). The second-order valence-corrected chi connectivity index (χ2v) is 4.88. The van der Waals surface area contributed by atoms with E-state index in [1.807, 2.05) is 4.90 Å². The van der Waals surface area contributed by atoms with Crippen LogP contribution in [0.5, 0.6) is 0 Å². The summed E-state index contributed by atoms with van der Waals surface area (Å²) in [6.07, 6.45) is 5.39. The van der Waals surface area contributed by atoms with Crippen molar-refractivity contribution in [1.82, 2.24) is 4.90 Å². The Kier molecular flexibility index (Phi) is 2.42. The molecule has 0 aromatic rings. The number of carbonyl (C=O) groups excluding carboxylic acids is 1. The van der Waals surface area contributed by atoms with Gasteiger partial charge < -0.3 is 0 Å². The van der Waals surface area contributed by atoms with E-state index in [0.29, 0.717) is 0 Å². The summed E-state index contributed by atoms with van der Waals surface area (Å²) >= 11 is 2.15. The Morgan fingerprint density at radius 3 is 1.83 bits per heavy atom. The van der Waals surface area contributed by atoms with Crippen LogP contribution < -0.4 is 0 Å². The number of hydrogen-bond acceptors (Lipinski definition) is 1. The topological polar surface area (TPSA) is 20.3 Å². The van der Waals surface area contributed by atoms with Crippen LogP contribution in [-0.2, 0) is 0 Å². The molecule has 0 unspecified atom stereocenters. The first-order chi connectivity index (χ1) is 5.75. The van der Waals surface area contributed by atoms with Crippen LogP contribution in [0.2, 0.25) is 0 Å². The summed E-state index contributed by atoms with van der Waals surface area (Å²) in [5, 5.41) is 0. The van der Waals surface area contributed by atoms with Crippen LogP contribution in [-0.4, -0.2) is 38.8 Å². The third-order valence-electron chi connectivity index (χ3n) is 3.19. The van der Waals surface area contributed by atoms with Crippen molar-refractivity contribution in [1.29, 1.82) is 0 Å².